The van der Waals surface area contributed by atoms with Gasteiger partial charge >= 0.3 is 12.1 Å². The summed E-state index contributed by atoms with van der Waals surface area (Å²) in [6, 6.07) is 24.6. The van der Waals surface area contributed by atoms with Crippen LogP contribution >= 0.6 is 0 Å². The number of piperazine rings is 1. The number of rotatable bonds is 10. The number of anilines is 2. The Morgan fingerprint density at radius 1 is 1.00 bits per heavy atom. The van der Waals surface area contributed by atoms with Crippen LogP contribution in [0.2, 0.25) is 0 Å². The van der Waals surface area contributed by atoms with Crippen molar-refractivity contribution < 1.29 is 23.7 Å². The van der Waals surface area contributed by atoms with Gasteiger partial charge in [-0.15, -0.1) is 0 Å². The maximum absolute atomic E-state index is 13.2. The zero-order chi connectivity index (χ0) is 33.6. The van der Waals surface area contributed by atoms with E-state index < -0.39 is 18.5 Å². The standard InChI is InChI=1S/C37H42N6O5/c1-25-20-28-12-8-9-13-30(28)33(21-25)41-17-15-31-32(23-41)39-36(48-26(2)35(45-3)46-4)40-34(31)42-18-19-43(29(22-42)14-16-38)37(44)47-24-27-10-6-5-7-11-27/h5-13,20-21,26,29,35H,14-15,17-19,22-24H2,1-4H3/t26-,29+/m1/s1. The van der Waals surface area contributed by atoms with Gasteiger partial charge in [-0.25, -0.2) is 4.79 Å². The first kappa shape index (κ1) is 33.0. The van der Waals surface area contributed by atoms with Crippen LogP contribution in [-0.2, 0) is 33.8 Å². The summed E-state index contributed by atoms with van der Waals surface area (Å²) in [6.45, 7) is 6.86. The summed E-state index contributed by atoms with van der Waals surface area (Å²) in [7, 11) is 3.13. The molecule has 6 rings (SSSR count). The topological polar surface area (TPSA) is 113 Å². The van der Waals surface area contributed by atoms with Crippen LogP contribution in [0.25, 0.3) is 10.8 Å². The third-order valence-corrected chi connectivity index (χ3v) is 9.04. The first-order valence-corrected chi connectivity index (χ1v) is 16.3. The number of carbonyl (C=O) groups excluding carboxylic acids is 1. The lowest BCUT2D eigenvalue weighted by atomic mass is 10.00. The number of benzene rings is 3. The molecule has 3 heterocycles. The van der Waals surface area contributed by atoms with Crippen molar-refractivity contribution in [1.82, 2.24) is 14.9 Å². The van der Waals surface area contributed by atoms with Crippen molar-refractivity contribution in [2.45, 2.75) is 58.3 Å². The van der Waals surface area contributed by atoms with Crippen LogP contribution in [0.4, 0.5) is 16.3 Å². The monoisotopic (exact) mass is 650 g/mol. The van der Waals surface area contributed by atoms with E-state index in [0.717, 1.165) is 35.6 Å². The maximum Gasteiger partial charge on any atom is 0.410 e. The number of fused-ring (bicyclic) bond motifs is 2. The number of aromatic nitrogens is 2. The molecule has 3 aromatic carbocycles. The van der Waals surface area contributed by atoms with Crippen LogP contribution < -0.4 is 14.5 Å². The molecule has 0 spiro atoms. The number of amides is 1. The lowest BCUT2D eigenvalue weighted by Crippen LogP contribution is -2.55. The van der Waals surface area contributed by atoms with E-state index in [1.54, 1.807) is 19.1 Å². The third-order valence-electron chi connectivity index (χ3n) is 9.04. The highest BCUT2D eigenvalue weighted by atomic mass is 16.7. The molecule has 0 radical (unpaired) electrons. The van der Waals surface area contributed by atoms with Crippen LogP contribution in [-0.4, -0.2) is 79.8 Å². The zero-order valence-corrected chi connectivity index (χ0v) is 28.0. The average molecular weight is 651 g/mol. The molecule has 2 aliphatic heterocycles. The van der Waals surface area contributed by atoms with Crippen molar-refractivity contribution in [3.8, 4) is 12.1 Å². The van der Waals surface area contributed by atoms with Gasteiger partial charge < -0.3 is 33.6 Å². The summed E-state index contributed by atoms with van der Waals surface area (Å²) in [4.78, 5) is 29.3. The fourth-order valence-electron chi connectivity index (χ4n) is 6.68. The minimum atomic E-state index is -0.603. The van der Waals surface area contributed by atoms with Gasteiger partial charge in [0.2, 0.25) is 0 Å². The molecule has 1 amide bonds. The van der Waals surface area contributed by atoms with Gasteiger partial charge in [0.05, 0.1) is 30.8 Å². The van der Waals surface area contributed by atoms with Gasteiger partial charge in [0.1, 0.15) is 18.5 Å². The van der Waals surface area contributed by atoms with Crippen molar-refractivity contribution in [3.63, 3.8) is 0 Å². The number of nitrogens with zero attached hydrogens (tertiary/aromatic N) is 6. The second kappa shape index (κ2) is 14.9. The molecule has 0 unspecified atom stereocenters. The predicted octanol–water partition coefficient (Wildman–Crippen LogP) is 5.63. The van der Waals surface area contributed by atoms with E-state index in [1.165, 1.54) is 22.0 Å². The van der Waals surface area contributed by atoms with Crippen LogP contribution in [0.1, 0.15) is 35.7 Å². The lowest BCUT2D eigenvalue weighted by molar-refractivity contribution is -0.152. The minimum absolute atomic E-state index is 0.169. The summed E-state index contributed by atoms with van der Waals surface area (Å²) < 4.78 is 22.8. The minimum Gasteiger partial charge on any atom is -0.455 e. The zero-order valence-electron chi connectivity index (χ0n) is 28.0. The number of carbonyl (C=O) groups is 1. The Balaban J connectivity index is 1.29. The second-order valence-corrected chi connectivity index (χ2v) is 12.3. The summed E-state index contributed by atoms with van der Waals surface area (Å²) in [5.74, 6) is 0.766. The van der Waals surface area contributed by atoms with Crippen LogP contribution in [0, 0.1) is 18.3 Å². The molecule has 0 saturated carbocycles. The SMILES string of the molecule is COC(OC)[C@@H](C)Oc1nc2c(c(N3CCN(C(=O)OCc4ccccc4)[C@@H](CC#N)C3)n1)CCN(c1cc(C)cc3ccccc13)C2. The Bertz CT molecular complexity index is 1780. The Morgan fingerprint density at radius 2 is 1.77 bits per heavy atom. The maximum atomic E-state index is 13.2. The van der Waals surface area contributed by atoms with Gasteiger partial charge in [-0.3, -0.25) is 0 Å². The summed E-state index contributed by atoms with van der Waals surface area (Å²) >= 11 is 0. The van der Waals surface area contributed by atoms with Crippen LogP contribution in [0.5, 0.6) is 6.01 Å². The van der Waals surface area contributed by atoms with Crippen molar-refractivity contribution in [2.24, 2.45) is 0 Å². The number of ether oxygens (including phenoxy) is 4. The van der Waals surface area contributed by atoms with E-state index in [0.29, 0.717) is 26.2 Å². The molecular formula is C37H42N6O5. The molecule has 11 nitrogen and oxygen atoms in total. The number of hydrogen-bond acceptors (Lipinski definition) is 10. The quantitative estimate of drug-likeness (QED) is 0.200. The van der Waals surface area contributed by atoms with Gasteiger partial charge in [-0.05, 0) is 42.8 Å². The number of hydrogen-bond donors (Lipinski definition) is 0. The molecule has 1 fully saturated rings. The highest BCUT2D eigenvalue weighted by Gasteiger charge is 2.35. The number of aryl methyl sites for hydroxylation is 1. The molecule has 48 heavy (non-hydrogen) atoms. The summed E-state index contributed by atoms with van der Waals surface area (Å²) in [6.07, 6.45) is -0.610. The van der Waals surface area contributed by atoms with Crippen molar-refractivity contribution in [1.29, 1.82) is 5.26 Å². The predicted molar refractivity (Wildman–Crippen MR) is 183 cm³/mol. The van der Waals surface area contributed by atoms with Crippen molar-refractivity contribution in [3.05, 3.63) is 89.1 Å². The first-order chi connectivity index (χ1) is 23.4. The average Bonchev–Trinajstić information content (AvgIpc) is 3.10. The normalized spacial score (nSPS) is 16.8. The van der Waals surface area contributed by atoms with Crippen LogP contribution in [0.3, 0.4) is 0 Å². The van der Waals surface area contributed by atoms with Crippen LogP contribution in [0.15, 0.2) is 66.7 Å². The second-order valence-electron chi connectivity index (χ2n) is 12.3. The molecule has 2 atom stereocenters. The van der Waals surface area contributed by atoms with E-state index >= 15 is 0 Å². The fourth-order valence-corrected chi connectivity index (χ4v) is 6.68. The summed E-state index contributed by atoms with van der Waals surface area (Å²) in [5.41, 5.74) is 5.21. The van der Waals surface area contributed by atoms with Gasteiger partial charge in [0.15, 0.2) is 6.29 Å². The van der Waals surface area contributed by atoms with Gasteiger partial charge in [0.25, 0.3) is 0 Å². The molecular weight excluding hydrogens is 608 g/mol. The summed E-state index contributed by atoms with van der Waals surface area (Å²) in [5, 5.41) is 12.1. The Labute approximate surface area is 281 Å². The molecule has 1 saturated heterocycles. The molecule has 0 bridgehead atoms. The highest BCUT2D eigenvalue weighted by molar-refractivity contribution is 5.95. The van der Waals surface area contributed by atoms with Gasteiger partial charge in [-0.2, -0.15) is 15.2 Å². The number of methoxy groups -OCH3 is 2. The molecule has 0 N–H and O–H groups in total. The molecule has 4 aromatic rings. The molecule has 250 valence electrons. The van der Waals surface area contributed by atoms with E-state index in [9.17, 15) is 10.1 Å². The third kappa shape index (κ3) is 7.15. The van der Waals surface area contributed by atoms with Gasteiger partial charge in [-0.1, -0.05) is 60.7 Å². The molecule has 1 aromatic heterocycles. The largest absolute Gasteiger partial charge is 0.455 e. The molecule has 0 aliphatic carbocycles. The van der Waals surface area contributed by atoms with E-state index in [4.69, 9.17) is 28.9 Å². The smallest absolute Gasteiger partial charge is 0.410 e. The fraction of sp³-hybridized carbons (Fsp3) is 0.405. The van der Waals surface area contributed by atoms with E-state index in [-0.39, 0.29) is 25.1 Å². The Hall–Kier alpha value is -4.92. The number of nitriles is 1. The van der Waals surface area contributed by atoms with E-state index in [2.05, 4.69) is 59.2 Å². The molecule has 11 heteroatoms. The van der Waals surface area contributed by atoms with E-state index in [1.807, 2.05) is 37.3 Å². The Kier molecular flexibility index (Phi) is 10.2. The van der Waals surface area contributed by atoms with Crippen molar-refractivity contribution >= 4 is 28.4 Å². The molecule has 2 aliphatic rings. The first-order valence-electron chi connectivity index (χ1n) is 16.3. The highest BCUT2D eigenvalue weighted by Crippen LogP contribution is 2.36. The Morgan fingerprint density at radius 3 is 2.54 bits per heavy atom. The lowest BCUT2D eigenvalue weighted by Gasteiger charge is -2.42. The van der Waals surface area contributed by atoms with Crippen molar-refractivity contribution in [2.75, 3.05) is 50.2 Å². The van der Waals surface area contributed by atoms with Gasteiger partial charge in [0, 0.05) is 57.0 Å².